The highest BCUT2D eigenvalue weighted by Gasteiger charge is 2.21. The van der Waals surface area contributed by atoms with Crippen molar-refractivity contribution in [3.05, 3.63) is 95.6 Å². The van der Waals surface area contributed by atoms with Crippen molar-refractivity contribution < 1.29 is 9.53 Å². The van der Waals surface area contributed by atoms with Crippen molar-refractivity contribution >= 4 is 16.7 Å². The van der Waals surface area contributed by atoms with Gasteiger partial charge in [-0.15, -0.1) is 0 Å². The van der Waals surface area contributed by atoms with Crippen molar-refractivity contribution in [3.63, 3.8) is 0 Å². The lowest BCUT2D eigenvalue weighted by molar-refractivity contribution is 0.0602. The SMILES string of the molecule is CCc1ccc(-c2c(C(=O)OC)cc3ccccc3c2-c2ccc(CC)cc2)cc1. The number of rotatable bonds is 5. The zero-order valence-electron chi connectivity index (χ0n) is 17.7. The molecule has 0 aliphatic heterocycles. The first kappa shape index (κ1) is 19.9. The van der Waals surface area contributed by atoms with Gasteiger partial charge in [0.1, 0.15) is 0 Å². The average Bonchev–Trinajstić information content (AvgIpc) is 2.82. The van der Waals surface area contributed by atoms with Crippen molar-refractivity contribution in [2.75, 3.05) is 7.11 Å². The molecular weight excluding hydrogens is 368 g/mol. The maximum absolute atomic E-state index is 12.8. The van der Waals surface area contributed by atoms with Gasteiger partial charge in [0.25, 0.3) is 0 Å². The van der Waals surface area contributed by atoms with Crippen LogP contribution in [0, 0.1) is 0 Å². The quantitative estimate of drug-likeness (QED) is 0.338. The Hall–Kier alpha value is -3.39. The van der Waals surface area contributed by atoms with Crippen molar-refractivity contribution in [2.24, 2.45) is 0 Å². The molecule has 0 fully saturated rings. The molecule has 4 aromatic carbocycles. The van der Waals surface area contributed by atoms with Crippen LogP contribution in [0.1, 0.15) is 35.3 Å². The monoisotopic (exact) mass is 394 g/mol. The smallest absolute Gasteiger partial charge is 0.338 e. The molecule has 0 spiro atoms. The van der Waals surface area contributed by atoms with Gasteiger partial charge in [0.15, 0.2) is 0 Å². The fraction of sp³-hybridized carbons (Fsp3) is 0.179. The minimum Gasteiger partial charge on any atom is -0.465 e. The van der Waals surface area contributed by atoms with E-state index < -0.39 is 0 Å². The topological polar surface area (TPSA) is 26.3 Å². The number of methoxy groups -OCH3 is 1. The third-order valence-corrected chi connectivity index (χ3v) is 5.76. The average molecular weight is 395 g/mol. The summed E-state index contributed by atoms with van der Waals surface area (Å²) in [7, 11) is 1.44. The van der Waals surface area contributed by atoms with Gasteiger partial charge in [0.2, 0.25) is 0 Å². The molecule has 0 bridgehead atoms. The molecular formula is C28H26O2. The van der Waals surface area contributed by atoms with E-state index in [0.29, 0.717) is 5.56 Å². The first-order chi connectivity index (χ1) is 14.7. The summed E-state index contributed by atoms with van der Waals surface area (Å²) < 4.78 is 5.18. The lowest BCUT2D eigenvalue weighted by Gasteiger charge is -2.18. The molecule has 0 aromatic heterocycles. The second-order valence-electron chi connectivity index (χ2n) is 7.49. The van der Waals surface area contributed by atoms with Gasteiger partial charge in [-0.2, -0.15) is 0 Å². The Labute approximate surface area is 178 Å². The van der Waals surface area contributed by atoms with Crippen LogP contribution in [0.4, 0.5) is 0 Å². The van der Waals surface area contributed by atoms with Crippen molar-refractivity contribution in [1.82, 2.24) is 0 Å². The minimum absolute atomic E-state index is 0.318. The highest BCUT2D eigenvalue weighted by Crippen LogP contribution is 2.41. The summed E-state index contributed by atoms with van der Waals surface area (Å²) in [5.41, 5.74) is 7.27. The summed E-state index contributed by atoms with van der Waals surface area (Å²) in [5, 5.41) is 2.16. The van der Waals surface area contributed by atoms with E-state index in [1.807, 2.05) is 18.2 Å². The standard InChI is InChI=1S/C28H26O2/c1-4-19-10-14-21(15-11-19)26-24-9-7-6-8-23(24)18-25(28(29)30-3)27(26)22-16-12-20(5-2)13-17-22/h6-18H,4-5H2,1-3H3. The summed E-state index contributed by atoms with van der Waals surface area (Å²) in [5.74, 6) is -0.318. The fourth-order valence-electron chi connectivity index (χ4n) is 4.03. The molecule has 0 aliphatic carbocycles. The Morgan fingerprint density at radius 1 is 0.733 bits per heavy atom. The molecule has 0 atom stereocenters. The molecule has 0 amide bonds. The lowest BCUT2D eigenvalue weighted by atomic mass is 9.85. The van der Waals surface area contributed by atoms with Crippen molar-refractivity contribution in [2.45, 2.75) is 26.7 Å². The molecule has 0 N–H and O–H groups in total. The van der Waals surface area contributed by atoms with Crippen LogP contribution < -0.4 is 0 Å². The number of aryl methyl sites for hydroxylation is 2. The highest BCUT2D eigenvalue weighted by molar-refractivity contribution is 6.12. The summed E-state index contributed by atoms with van der Waals surface area (Å²) in [6.45, 7) is 4.30. The zero-order chi connectivity index (χ0) is 21.1. The molecule has 0 saturated carbocycles. The molecule has 2 nitrogen and oxygen atoms in total. The van der Waals surface area contributed by atoms with Gasteiger partial charge in [0.05, 0.1) is 12.7 Å². The highest BCUT2D eigenvalue weighted by atomic mass is 16.5. The number of carbonyl (C=O) groups is 1. The number of carbonyl (C=O) groups excluding carboxylic acids is 1. The molecule has 0 unspecified atom stereocenters. The zero-order valence-corrected chi connectivity index (χ0v) is 17.7. The first-order valence-electron chi connectivity index (χ1n) is 10.5. The van der Waals surface area contributed by atoms with E-state index in [1.54, 1.807) is 0 Å². The number of ether oxygens (including phenoxy) is 1. The Kier molecular flexibility index (Phi) is 5.67. The van der Waals surface area contributed by atoms with Crippen LogP contribution in [-0.4, -0.2) is 13.1 Å². The molecule has 4 aromatic rings. The maximum Gasteiger partial charge on any atom is 0.338 e. The maximum atomic E-state index is 12.8. The second-order valence-corrected chi connectivity index (χ2v) is 7.49. The minimum atomic E-state index is -0.318. The normalized spacial score (nSPS) is 10.9. The third-order valence-electron chi connectivity index (χ3n) is 5.76. The summed E-state index contributed by atoms with van der Waals surface area (Å²) >= 11 is 0. The Morgan fingerprint density at radius 2 is 1.27 bits per heavy atom. The van der Waals surface area contributed by atoms with Gasteiger partial charge in [-0.05, 0) is 57.5 Å². The van der Waals surface area contributed by atoms with Gasteiger partial charge in [0, 0.05) is 5.56 Å². The predicted molar refractivity (Wildman–Crippen MR) is 125 cm³/mol. The van der Waals surface area contributed by atoms with E-state index >= 15 is 0 Å². The molecule has 0 saturated heterocycles. The van der Waals surface area contributed by atoms with Gasteiger partial charge in [-0.1, -0.05) is 86.6 Å². The largest absolute Gasteiger partial charge is 0.465 e. The molecule has 2 heteroatoms. The number of hydrogen-bond donors (Lipinski definition) is 0. The summed E-state index contributed by atoms with van der Waals surface area (Å²) in [6.07, 6.45) is 1.97. The molecule has 0 aliphatic rings. The van der Waals surface area contributed by atoms with Crippen LogP contribution in [0.5, 0.6) is 0 Å². The summed E-state index contributed by atoms with van der Waals surface area (Å²) in [4.78, 5) is 12.8. The number of hydrogen-bond acceptors (Lipinski definition) is 2. The second kappa shape index (κ2) is 8.54. The lowest BCUT2D eigenvalue weighted by Crippen LogP contribution is -2.05. The Balaban J connectivity index is 2.10. The fourth-order valence-corrected chi connectivity index (χ4v) is 4.03. The Morgan fingerprint density at radius 3 is 1.80 bits per heavy atom. The van der Waals surface area contributed by atoms with Crippen LogP contribution in [-0.2, 0) is 17.6 Å². The van der Waals surface area contributed by atoms with Gasteiger partial charge in [-0.25, -0.2) is 4.79 Å². The van der Waals surface area contributed by atoms with Crippen LogP contribution in [0.25, 0.3) is 33.0 Å². The van der Waals surface area contributed by atoms with Crippen LogP contribution in [0.2, 0.25) is 0 Å². The van der Waals surface area contributed by atoms with E-state index in [-0.39, 0.29) is 5.97 Å². The first-order valence-corrected chi connectivity index (χ1v) is 10.5. The third kappa shape index (κ3) is 3.61. The van der Waals surface area contributed by atoms with E-state index in [4.69, 9.17) is 4.74 Å². The van der Waals surface area contributed by atoms with Crippen LogP contribution in [0.3, 0.4) is 0 Å². The number of fused-ring (bicyclic) bond motifs is 1. The van der Waals surface area contributed by atoms with E-state index in [2.05, 4.69) is 74.5 Å². The molecule has 0 heterocycles. The summed E-state index contributed by atoms with van der Waals surface area (Å²) in [6, 6.07) is 27.3. The van der Waals surface area contributed by atoms with Crippen LogP contribution in [0.15, 0.2) is 78.9 Å². The predicted octanol–water partition coefficient (Wildman–Crippen LogP) is 7.09. The van der Waals surface area contributed by atoms with Crippen LogP contribution >= 0.6 is 0 Å². The molecule has 150 valence electrons. The number of esters is 1. The van der Waals surface area contributed by atoms with Gasteiger partial charge >= 0.3 is 5.97 Å². The van der Waals surface area contributed by atoms with E-state index in [9.17, 15) is 4.79 Å². The molecule has 4 rings (SSSR count). The van der Waals surface area contributed by atoms with Gasteiger partial charge < -0.3 is 4.74 Å². The molecule has 0 radical (unpaired) electrons. The Bertz CT molecular complexity index is 1190. The van der Waals surface area contributed by atoms with E-state index in [0.717, 1.165) is 45.9 Å². The van der Waals surface area contributed by atoms with E-state index in [1.165, 1.54) is 18.2 Å². The van der Waals surface area contributed by atoms with Crippen molar-refractivity contribution in [3.8, 4) is 22.3 Å². The van der Waals surface area contributed by atoms with Crippen molar-refractivity contribution in [1.29, 1.82) is 0 Å². The number of benzene rings is 4. The van der Waals surface area contributed by atoms with Gasteiger partial charge in [-0.3, -0.25) is 0 Å². The molecule has 30 heavy (non-hydrogen) atoms.